The van der Waals surface area contributed by atoms with Gasteiger partial charge in [0.15, 0.2) is 0 Å². The number of carbonyl (C=O) groups is 1. The maximum absolute atomic E-state index is 12.4. The lowest BCUT2D eigenvalue weighted by Gasteiger charge is -2.08. The SMILES string of the molecule is COc1cccc(CNC(=O)c2ccc(Cn3nc(C)c([N+](=O)[O-])c3C)cc2)c1. The molecule has 8 nitrogen and oxygen atoms in total. The van der Waals surface area contributed by atoms with Gasteiger partial charge in [0.2, 0.25) is 0 Å². The van der Waals surface area contributed by atoms with Crippen molar-refractivity contribution in [1.29, 1.82) is 0 Å². The Balaban J connectivity index is 1.64. The lowest BCUT2D eigenvalue weighted by Crippen LogP contribution is -2.22. The van der Waals surface area contributed by atoms with Gasteiger partial charge in [-0.05, 0) is 49.2 Å². The molecule has 0 fully saturated rings. The van der Waals surface area contributed by atoms with Crippen molar-refractivity contribution in [2.45, 2.75) is 26.9 Å². The first-order valence-electron chi connectivity index (χ1n) is 9.07. The Kier molecular flexibility index (Phi) is 5.92. The van der Waals surface area contributed by atoms with Crippen molar-refractivity contribution in [1.82, 2.24) is 15.1 Å². The van der Waals surface area contributed by atoms with Crippen LogP contribution < -0.4 is 10.1 Å². The van der Waals surface area contributed by atoms with Gasteiger partial charge in [-0.15, -0.1) is 0 Å². The Hall–Kier alpha value is -3.68. The summed E-state index contributed by atoms with van der Waals surface area (Å²) in [6, 6.07) is 14.6. The minimum atomic E-state index is -0.413. The van der Waals surface area contributed by atoms with Crippen LogP contribution in [0.15, 0.2) is 48.5 Å². The third kappa shape index (κ3) is 4.60. The normalized spacial score (nSPS) is 10.6. The predicted octanol–water partition coefficient (Wildman–Crippen LogP) is 3.40. The van der Waals surface area contributed by atoms with Crippen LogP contribution in [0.2, 0.25) is 0 Å². The van der Waals surface area contributed by atoms with Crippen molar-refractivity contribution in [2.24, 2.45) is 0 Å². The molecule has 1 heterocycles. The number of methoxy groups -OCH3 is 1. The topological polar surface area (TPSA) is 99.3 Å². The number of nitrogens with zero attached hydrogens (tertiary/aromatic N) is 3. The summed E-state index contributed by atoms with van der Waals surface area (Å²) in [5, 5.41) is 18.3. The van der Waals surface area contributed by atoms with Crippen LogP contribution in [0.1, 0.15) is 32.9 Å². The fourth-order valence-electron chi connectivity index (χ4n) is 3.11. The lowest BCUT2D eigenvalue weighted by molar-refractivity contribution is -0.386. The number of nitro groups is 1. The number of benzene rings is 2. The molecular weight excluding hydrogens is 372 g/mol. The van der Waals surface area contributed by atoms with Crippen molar-refractivity contribution in [2.75, 3.05) is 7.11 Å². The number of amides is 1. The highest BCUT2D eigenvalue weighted by Gasteiger charge is 2.21. The van der Waals surface area contributed by atoms with Crippen molar-refractivity contribution in [3.05, 3.63) is 86.7 Å². The molecule has 29 heavy (non-hydrogen) atoms. The zero-order valence-corrected chi connectivity index (χ0v) is 16.5. The molecule has 0 saturated carbocycles. The highest BCUT2D eigenvalue weighted by Crippen LogP contribution is 2.22. The summed E-state index contributed by atoms with van der Waals surface area (Å²) in [4.78, 5) is 23.1. The quantitative estimate of drug-likeness (QED) is 0.489. The van der Waals surface area contributed by atoms with Crippen LogP contribution in [0, 0.1) is 24.0 Å². The second kappa shape index (κ2) is 8.55. The summed E-state index contributed by atoms with van der Waals surface area (Å²) in [6.45, 7) is 4.09. The molecule has 0 unspecified atom stereocenters. The number of hydrogen-bond acceptors (Lipinski definition) is 5. The van der Waals surface area contributed by atoms with Crippen LogP contribution >= 0.6 is 0 Å². The highest BCUT2D eigenvalue weighted by atomic mass is 16.6. The van der Waals surface area contributed by atoms with E-state index in [0.29, 0.717) is 30.0 Å². The Morgan fingerprint density at radius 1 is 1.17 bits per heavy atom. The van der Waals surface area contributed by atoms with Gasteiger partial charge in [0.25, 0.3) is 5.91 Å². The molecule has 0 atom stereocenters. The number of rotatable bonds is 7. The average Bonchev–Trinajstić information content (AvgIpc) is 3.00. The molecule has 0 spiro atoms. The Morgan fingerprint density at radius 3 is 2.52 bits per heavy atom. The second-order valence-corrected chi connectivity index (χ2v) is 6.67. The van der Waals surface area contributed by atoms with Gasteiger partial charge in [0, 0.05) is 12.1 Å². The van der Waals surface area contributed by atoms with Gasteiger partial charge in [0.1, 0.15) is 17.1 Å². The summed E-state index contributed by atoms with van der Waals surface area (Å²) >= 11 is 0. The molecule has 0 saturated heterocycles. The molecule has 2 aromatic carbocycles. The third-order valence-corrected chi connectivity index (χ3v) is 4.66. The molecule has 8 heteroatoms. The maximum atomic E-state index is 12.4. The molecule has 3 rings (SSSR count). The third-order valence-electron chi connectivity index (χ3n) is 4.66. The number of aryl methyl sites for hydroxylation is 1. The van der Waals surface area contributed by atoms with E-state index in [1.54, 1.807) is 37.8 Å². The van der Waals surface area contributed by atoms with E-state index in [1.165, 1.54) is 0 Å². The predicted molar refractivity (Wildman–Crippen MR) is 108 cm³/mol. The number of ether oxygens (including phenoxy) is 1. The van der Waals surface area contributed by atoms with Gasteiger partial charge in [0.05, 0.1) is 18.6 Å². The molecule has 150 valence electrons. The van der Waals surface area contributed by atoms with Gasteiger partial charge in [-0.2, -0.15) is 5.10 Å². The molecule has 0 aliphatic carbocycles. The van der Waals surface area contributed by atoms with Gasteiger partial charge < -0.3 is 10.1 Å². The summed E-state index contributed by atoms with van der Waals surface area (Å²) in [5.41, 5.74) is 3.32. The maximum Gasteiger partial charge on any atom is 0.312 e. The van der Waals surface area contributed by atoms with Crippen molar-refractivity contribution < 1.29 is 14.5 Å². The van der Waals surface area contributed by atoms with Crippen LogP contribution in [-0.2, 0) is 13.1 Å². The molecule has 0 aliphatic rings. The molecular formula is C21H22N4O4. The zero-order chi connectivity index (χ0) is 21.0. The number of hydrogen-bond donors (Lipinski definition) is 1. The monoisotopic (exact) mass is 394 g/mol. The Labute approximate surface area is 168 Å². The first kappa shape index (κ1) is 20.1. The molecule has 1 aromatic heterocycles. The largest absolute Gasteiger partial charge is 0.497 e. The summed E-state index contributed by atoms with van der Waals surface area (Å²) in [7, 11) is 1.60. The molecule has 1 N–H and O–H groups in total. The van der Waals surface area contributed by atoms with Crippen molar-refractivity contribution in [3.8, 4) is 5.75 Å². The minimum absolute atomic E-state index is 0.0403. The van der Waals surface area contributed by atoms with Gasteiger partial charge in [-0.1, -0.05) is 24.3 Å². The van der Waals surface area contributed by atoms with Crippen LogP contribution in [0.5, 0.6) is 5.75 Å². The molecule has 0 aliphatic heterocycles. The van der Waals surface area contributed by atoms with E-state index < -0.39 is 4.92 Å². The molecule has 0 radical (unpaired) electrons. The van der Waals surface area contributed by atoms with Crippen LogP contribution in [0.4, 0.5) is 5.69 Å². The second-order valence-electron chi connectivity index (χ2n) is 6.67. The number of nitrogens with one attached hydrogen (secondary N) is 1. The van der Waals surface area contributed by atoms with E-state index >= 15 is 0 Å². The van der Waals surface area contributed by atoms with Gasteiger partial charge in [-0.25, -0.2) is 0 Å². The Morgan fingerprint density at radius 2 is 1.90 bits per heavy atom. The fraction of sp³-hybridized carbons (Fsp3) is 0.238. The van der Waals surface area contributed by atoms with E-state index in [1.807, 2.05) is 36.4 Å². The van der Waals surface area contributed by atoms with E-state index in [4.69, 9.17) is 4.74 Å². The number of aromatic nitrogens is 2. The lowest BCUT2D eigenvalue weighted by atomic mass is 10.1. The van der Waals surface area contributed by atoms with Crippen molar-refractivity contribution >= 4 is 11.6 Å². The molecule has 0 bridgehead atoms. The standard InChI is InChI=1S/C21H22N4O4/c1-14-20(25(27)28)15(2)24(23-14)13-16-7-9-18(10-8-16)21(26)22-12-17-5-4-6-19(11-17)29-3/h4-11H,12-13H2,1-3H3,(H,22,26). The summed E-state index contributed by atoms with van der Waals surface area (Å²) < 4.78 is 6.78. The van der Waals surface area contributed by atoms with E-state index in [9.17, 15) is 14.9 Å². The van der Waals surface area contributed by atoms with Crippen LogP contribution in [0.25, 0.3) is 0 Å². The molecule has 1 amide bonds. The van der Waals surface area contributed by atoms with Crippen LogP contribution in [-0.4, -0.2) is 27.7 Å². The average molecular weight is 394 g/mol. The number of carbonyl (C=O) groups excluding carboxylic acids is 1. The van der Waals surface area contributed by atoms with Crippen molar-refractivity contribution in [3.63, 3.8) is 0 Å². The summed E-state index contributed by atoms with van der Waals surface area (Å²) in [5.74, 6) is 0.562. The van der Waals surface area contributed by atoms with E-state index in [2.05, 4.69) is 10.4 Å². The fourth-order valence-corrected chi connectivity index (χ4v) is 3.11. The van der Waals surface area contributed by atoms with Gasteiger partial charge >= 0.3 is 5.69 Å². The summed E-state index contributed by atoms with van der Waals surface area (Å²) in [6.07, 6.45) is 0. The van der Waals surface area contributed by atoms with E-state index in [0.717, 1.165) is 16.9 Å². The minimum Gasteiger partial charge on any atom is -0.497 e. The van der Waals surface area contributed by atoms with E-state index in [-0.39, 0.29) is 11.6 Å². The molecule has 3 aromatic rings. The van der Waals surface area contributed by atoms with Gasteiger partial charge in [-0.3, -0.25) is 19.6 Å². The highest BCUT2D eigenvalue weighted by molar-refractivity contribution is 5.94. The Bertz CT molecular complexity index is 1040. The zero-order valence-electron chi connectivity index (χ0n) is 16.5. The smallest absolute Gasteiger partial charge is 0.312 e. The first-order chi connectivity index (χ1) is 13.9. The first-order valence-corrected chi connectivity index (χ1v) is 9.07. The van der Waals surface area contributed by atoms with Crippen LogP contribution in [0.3, 0.4) is 0 Å².